The average Bonchev–Trinajstić information content (AvgIpc) is 2.86. The van der Waals surface area contributed by atoms with Crippen molar-refractivity contribution in [3.8, 4) is 0 Å². The molecule has 0 spiro atoms. The topological polar surface area (TPSA) is 24.1 Å². The Balaban J connectivity index is 1.60. The summed E-state index contributed by atoms with van der Waals surface area (Å²) in [4.78, 5) is 0. The summed E-state index contributed by atoms with van der Waals surface area (Å²) in [6, 6.07) is 7.93. The summed E-state index contributed by atoms with van der Waals surface area (Å²) in [5.74, 6) is 1.25. The van der Waals surface area contributed by atoms with E-state index in [1.807, 2.05) is 0 Å². The van der Waals surface area contributed by atoms with Gasteiger partial charge >= 0.3 is 0 Å². The second kappa shape index (κ2) is 14.5. The lowest BCUT2D eigenvalue weighted by atomic mass is 9.82. The molecular weight excluding hydrogens is 436 g/mol. The van der Waals surface area contributed by atoms with Crippen LogP contribution in [0.3, 0.4) is 0 Å². The summed E-state index contributed by atoms with van der Waals surface area (Å²) in [6.07, 6.45) is 20.6. The minimum atomic E-state index is 0.561. The highest BCUT2D eigenvalue weighted by Gasteiger charge is 2.22. The summed E-state index contributed by atoms with van der Waals surface area (Å²) in [7, 11) is 0. The number of benzene rings is 1. The highest BCUT2D eigenvalue weighted by atomic mass is 15.0. The molecule has 2 heteroatoms. The van der Waals surface area contributed by atoms with Crippen LogP contribution < -0.4 is 10.6 Å². The van der Waals surface area contributed by atoms with Crippen LogP contribution in [0.25, 0.3) is 0 Å². The molecule has 2 N–H and O–H groups in total. The van der Waals surface area contributed by atoms with Crippen molar-refractivity contribution in [1.29, 1.82) is 0 Å². The van der Waals surface area contributed by atoms with Crippen LogP contribution in [0.2, 0.25) is 0 Å². The Morgan fingerprint density at radius 3 is 2.72 bits per heavy atom. The van der Waals surface area contributed by atoms with Crippen molar-refractivity contribution < 1.29 is 0 Å². The molecule has 1 aliphatic heterocycles. The maximum Gasteiger partial charge on any atom is 0.0377 e. The number of hydrogen-bond donors (Lipinski definition) is 2. The van der Waals surface area contributed by atoms with Gasteiger partial charge in [-0.15, -0.1) is 0 Å². The molecule has 1 aliphatic carbocycles. The number of unbranched alkanes of at least 4 members (excludes halogenated alkanes) is 2. The fourth-order valence-electron chi connectivity index (χ4n) is 5.83. The van der Waals surface area contributed by atoms with Gasteiger partial charge in [-0.2, -0.15) is 0 Å². The van der Waals surface area contributed by atoms with Gasteiger partial charge < -0.3 is 10.6 Å². The van der Waals surface area contributed by atoms with Crippen LogP contribution in [0.15, 0.2) is 65.5 Å². The summed E-state index contributed by atoms with van der Waals surface area (Å²) < 4.78 is 0. The first kappa shape index (κ1) is 28.4. The molecule has 3 rings (SSSR count). The molecule has 0 amide bonds. The third kappa shape index (κ3) is 8.43. The summed E-state index contributed by atoms with van der Waals surface area (Å²) in [5, 5.41) is 7.32. The number of allylic oxidation sites excluding steroid dienone is 4. The van der Waals surface area contributed by atoms with Crippen molar-refractivity contribution >= 4 is 0 Å². The molecule has 1 heterocycles. The quantitative estimate of drug-likeness (QED) is 0.214. The van der Waals surface area contributed by atoms with E-state index in [1.165, 1.54) is 68.2 Å². The average molecular weight is 489 g/mol. The van der Waals surface area contributed by atoms with Gasteiger partial charge in [-0.25, -0.2) is 0 Å². The van der Waals surface area contributed by atoms with Crippen LogP contribution in [0.1, 0.15) is 115 Å². The van der Waals surface area contributed by atoms with Crippen LogP contribution in [-0.4, -0.2) is 12.6 Å². The molecule has 2 aliphatic rings. The lowest BCUT2D eigenvalue weighted by Gasteiger charge is -2.32. The molecule has 0 radical (unpaired) electrons. The number of rotatable bonds is 13. The molecule has 198 valence electrons. The normalized spacial score (nSPS) is 20.6. The molecule has 0 saturated heterocycles. The van der Waals surface area contributed by atoms with Crippen LogP contribution >= 0.6 is 0 Å². The molecular formula is C34H52N2. The SMILES string of the molecule is C=C(C)C1=C(CN/C=C/CCc2cc(CCCCC)ccc2C2C=C(C)CCC2)CCC(C(C)C)N1. The van der Waals surface area contributed by atoms with E-state index in [4.69, 9.17) is 0 Å². The zero-order valence-electron chi connectivity index (χ0n) is 23.9. The van der Waals surface area contributed by atoms with Gasteiger partial charge in [-0.1, -0.05) is 76.1 Å². The van der Waals surface area contributed by atoms with E-state index < -0.39 is 0 Å². The second-order valence-electron chi connectivity index (χ2n) is 11.6. The van der Waals surface area contributed by atoms with E-state index in [0.717, 1.165) is 31.4 Å². The minimum Gasteiger partial charge on any atom is -0.387 e. The Morgan fingerprint density at radius 1 is 1.17 bits per heavy atom. The zero-order chi connectivity index (χ0) is 25.9. The zero-order valence-corrected chi connectivity index (χ0v) is 23.9. The molecule has 0 aromatic heterocycles. The highest BCUT2D eigenvalue weighted by molar-refractivity contribution is 5.38. The van der Waals surface area contributed by atoms with Crippen molar-refractivity contribution in [2.75, 3.05) is 6.54 Å². The Morgan fingerprint density at radius 2 is 2.00 bits per heavy atom. The number of aryl methyl sites for hydroxylation is 2. The molecule has 2 unspecified atom stereocenters. The van der Waals surface area contributed by atoms with E-state index in [0.29, 0.717) is 17.9 Å². The maximum atomic E-state index is 4.23. The van der Waals surface area contributed by atoms with Gasteiger partial charge in [0, 0.05) is 24.2 Å². The fraction of sp³-hybridized carbons (Fsp3) is 0.588. The van der Waals surface area contributed by atoms with Gasteiger partial charge in [0.25, 0.3) is 0 Å². The van der Waals surface area contributed by atoms with Crippen molar-refractivity contribution in [1.82, 2.24) is 10.6 Å². The van der Waals surface area contributed by atoms with E-state index in [2.05, 4.69) is 88.4 Å². The summed E-state index contributed by atoms with van der Waals surface area (Å²) in [6.45, 7) is 16.5. The van der Waals surface area contributed by atoms with Crippen LogP contribution in [0, 0.1) is 5.92 Å². The molecule has 1 aromatic carbocycles. The summed E-state index contributed by atoms with van der Waals surface area (Å²) in [5.41, 5.74) is 10.1. The van der Waals surface area contributed by atoms with Gasteiger partial charge in [0.1, 0.15) is 0 Å². The first-order valence-electron chi connectivity index (χ1n) is 14.7. The highest BCUT2D eigenvalue weighted by Crippen LogP contribution is 2.34. The first-order chi connectivity index (χ1) is 17.4. The fourth-order valence-corrected chi connectivity index (χ4v) is 5.83. The van der Waals surface area contributed by atoms with E-state index in [1.54, 1.807) is 16.7 Å². The largest absolute Gasteiger partial charge is 0.387 e. The Kier molecular flexibility index (Phi) is 11.4. The van der Waals surface area contributed by atoms with Gasteiger partial charge in [0.15, 0.2) is 0 Å². The molecule has 0 saturated carbocycles. The van der Waals surface area contributed by atoms with Gasteiger partial charge in [0.05, 0.1) is 0 Å². The van der Waals surface area contributed by atoms with Gasteiger partial charge in [0.2, 0.25) is 0 Å². The monoisotopic (exact) mass is 488 g/mol. The van der Waals surface area contributed by atoms with Crippen LogP contribution in [0.4, 0.5) is 0 Å². The van der Waals surface area contributed by atoms with Crippen molar-refractivity contribution in [2.24, 2.45) is 5.92 Å². The predicted molar refractivity (Wildman–Crippen MR) is 158 cm³/mol. The lowest BCUT2D eigenvalue weighted by Crippen LogP contribution is -2.38. The second-order valence-corrected chi connectivity index (χ2v) is 11.6. The molecule has 2 nitrogen and oxygen atoms in total. The van der Waals surface area contributed by atoms with Crippen molar-refractivity contribution in [3.05, 3.63) is 82.2 Å². The smallest absolute Gasteiger partial charge is 0.0377 e. The Bertz CT molecular complexity index is 946. The predicted octanol–water partition coefficient (Wildman–Crippen LogP) is 8.91. The Hall–Kier alpha value is -2.22. The molecule has 0 bridgehead atoms. The third-order valence-electron chi connectivity index (χ3n) is 8.05. The van der Waals surface area contributed by atoms with E-state index in [9.17, 15) is 0 Å². The standard InChI is InChI=1S/C34H52N2/c1-7-8-9-14-28-17-19-32(29-16-12-13-27(6)22-29)30(23-28)15-10-11-21-35-24-31-18-20-33(25(2)3)36-34(31)26(4)5/h11,17,19,21-23,25,29,33,35-36H,4,7-10,12-16,18,20,24H2,1-3,5-6H3/b21-11+. The lowest BCUT2D eigenvalue weighted by molar-refractivity contribution is 0.386. The van der Waals surface area contributed by atoms with Crippen molar-refractivity contribution in [2.45, 2.75) is 117 Å². The molecule has 2 atom stereocenters. The molecule has 1 aromatic rings. The van der Waals surface area contributed by atoms with Crippen LogP contribution in [-0.2, 0) is 12.8 Å². The third-order valence-corrected chi connectivity index (χ3v) is 8.05. The van der Waals surface area contributed by atoms with E-state index >= 15 is 0 Å². The summed E-state index contributed by atoms with van der Waals surface area (Å²) >= 11 is 0. The van der Waals surface area contributed by atoms with Gasteiger partial charge in [-0.05, 0) is 112 Å². The molecule has 36 heavy (non-hydrogen) atoms. The molecule has 0 fully saturated rings. The van der Waals surface area contributed by atoms with Gasteiger partial charge in [-0.3, -0.25) is 0 Å². The Labute approximate surface area is 222 Å². The van der Waals surface area contributed by atoms with Crippen LogP contribution in [0.5, 0.6) is 0 Å². The maximum absolute atomic E-state index is 4.23. The minimum absolute atomic E-state index is 0.561. The number of hydrogen-bond acceptors (Lipinski definition) is 2. The number of nitrogens with one attached hydrogen (secondary N) is 2. The van der Waals surface area contributed by atoms with E-state index in [-0.39, 0.29) is 0 Å². The van der Waals surface area contributed by atoms with Crippen molar-refractivity contribution in [3.63, 3.8) is 0 Å². The first-order valence-corrected chi connectivity index (χ1v) is 14.7.